The van der Waals surface area contributed by atoms with Gasteiger partial charge >= 0.3 is 5.97 Å². The van der Waals surface area contributed by atoms with Crippen molar-refractivity contribution in [1.82, 2.24) is 10.3 Å². The van der Waals surface area contributed by atoms with Gasteiger partial charge in [-0.1, -0.05) is 30.0 Å². The van der Waals surface area contributed by atoms with E-state index in [9.17, 15) is 9.59 Å². The van der Waals surface area contributed by atoms with E-state index in [-0.39, 0.29) is 17.1 Å². The van der Waals surface area contributed by atoms with Gasteiger partial charge in [0, 0.05) is 12.7 Å². The summed E-state index contributed by atoms with van der Waals surface area (Å²) in [7, 11) is 1.34. The SMILES string of the molecule is COC(=O)c1ccc(CNC(=O)[C@@H](C)Sc2ccccn2)cc1. The average molecular weight is 330 g/mol. The molecule has 2 aromatic rings. The third-order valence-corrected chi connectivity index (χ3v) is 4.20. The summed E-state index contributed by atoms with van der Waals surface area (Å²) in [6.07, 6.45) is 1.70. The number of rotatable bonds is 6. The Hall–Kier alpha value is -2.34. The van der Waals surface area contributed by atoms with Crippen LogP contribution in [0.1, 0.15) is 22.8 Å². The van der Waals surface area contributed by atoms with Gasteiger partial charge in [-0.15, -0.1) is 0 Å². The first-order valence-electron chi connectivity index (χ1n) is 7.13. The van der Waals surface area contributed by atoms with Crippen LogP contribution >= 0.6 is 11.8 Å². The van der Waals surface area contributed by atoms with Gasteiger partial charge < -0.3 is 10.1 Å². The molecule has 0 saturated carbocycles. The largest absolute Gasteiger partial charge is 0.465 e. The van der Waals surface area contributed by atoms with Gasteiger partial charge in [-0.2, -0.15) is 0 Å². The molecule has 0 saturated heterocycles. The summed E-state index contributed by atoms with van der Waals surface area (Å²) in [6.45, 7) is 2.25. The summed E-state index contributed by atoms with van der Waals surface area (Å²) >= 11 is 1.41. The molecule has 1 aromatic carbocycles. The van der Waals surface area contributed by atoms with E-state index in [2.05, 4.69) is 15.0 Å². The molecule has 120 valence electrons. The summed E-state index contributed by atoms with van der Waals surface area (Å²) in [5.74, 6) is -0.432. The Morgan fingerprint density at radius 3 is 2.57 bits per heavy atom. The topological polar surface area (TPSA) is 68.3 Å². The molecule has 0 radical (unpaired) electrons. The van der Waals surface area contributed by atoms with Gasteiger partial charge in [-0.05, 0) is 36.8 Å². The first-order chi connectivity index (χ1) is 11.1. The molecule has 1 N–H and O–H groups in total. The van der Waals surface area contributed by atoms with E-state index >= 15 is 0 Å². The number of aromatic nitrogens is 1. The van der Waals surface area contributed by atoms with E-state index < -0.39 is 0 Å². The molecule has 1 amide bonds. The van der Waals surface area contributed by atoms with Crippen LogP contribution in [0.25, 0.3) is 0 Å². The molecule has 0 bridgehead atoms. The van der Waals surface area contributed by atoms with Crippen LogP contribution in [-0.2, 0) is 16.1 Å². The van der Waals surface area contributed by atoms with Crippen LogP contribution in [0.3, 0.4) is 0 Å². The third kappa shape index (κ3) is 5.10. The first kappa shape index (κ1) is 17.0. The molecule has 0 spiro atoms. The highest BCUT2D eigenvalue weighted by Crippen LogP contribution is 2.20. The zero-order chi connectivity index (χ0) is 16.7. The maximum absolute atomic E-state index is 12.1. The van der Waals surface area contributed by atoms with Gasteiger partial charge in [-0.25, -0.2) is 9.78 Å². The normalized spacial score (nSPS) is 11.6. The lowest BCUT2D eigenvalue weighted by Gasteiger charge is -2.11. The maximum Gasteiger partial charge on any atom is 0.337 e. The van der Waals surface area contributed by atoms with Crippen LogP contribution in [0.5, 0.6) is 0 Å². The lowest BCUT2D eigenvalue weighted by atomic mass is 10.1. The molecule has 0 aliphatic carbocycles. The predicted molar refractivity (Wildman–Crippen MR) is 89.2 cm³/mol. The second-order valence-electron chi connectivity index (χ2n) is 4.83. The molecular weight excluding hydrogens is 312 g/mol. The number of hydrogen-bond acceptors (Lipinski definition) is 5. The smallest absolute Gasteiger partial charge is 0.337 e. The molecule has 5 nitrogen and oxygen atoms in total. The molecule has 1 atom stereocenters. The van der Waals surface area contributed by atoms with Crippen molar-refractivity contribution in [3.8, 4) is 0 Å². The highest BCUT2D eigenvalue weighted by Gasteiger charge is 2.14. The fraction of sp³-hybridized carbons (Fsp3) is 0.235. The quantitative estimate of drug-likeness (QED) is 0.651. The maximum atomic E-state index is 12.1. The number of benzene rings is 1. The fourth-order valence-corrected chi connectivity index (χ4v) is 2.69. The molecule has 1 heterocycles. The molecule has 2 rings (SSSR count). The number of methoxy groups -OCH3 is 1. The van der Waals surface area contributed by atoms with E-state index in [1.54, 1.807) is 30.5 Å². The number of carbonyl (C=O) groups is 2. The average Bonchev–Trinajstić information content (AvgIpc) is 2.60. The number of carbonyl (C=O) groups excluding carboxylic acids is 2. The van der Waals surface area contributed by atoms with Gasteiger partial charge in [0.15, 0.2) is 0 Å². The van der Waals surface area contributed by atoms with E-state index in [0.29, 0.717) is 12.1 Å². The number of esters is 1. The van der Waals surface area contributed by atoms with E-state index in [1.807, 2.05) is 25.1 Å². The van der Waals surface area contributed by atoms with Crippen molar-refractivity contribution in [2.24, 2.45) is 0 Å². The molecule has 0 unspecified atom stereocenters. The number of nitrogens with zero attached hydrogens (tertiary/aromatic N) is 1. The number of nitrogens with one attached hydrogen (secondary N) is 1. The Labute approximate surface area is 139 Å². The predicted octanol–water partition coefficient (Wildman–Crippen LogP) is 2.67. The molecule has 6 heteroatoms. The minimum Gasteiger partial charge on any atom is -0.465 e. The van der Waals surface area contributed by atoms with Crippen molar-refractivity contribution in [1.29, 1.82) is 0 Å². The number of hydrogen-bond donors (Lipinski definition) is 1. The second kappa shape index (κ2) is 8.33. The lowest BCUT2D eigenvalue weighted by Crippen LogP contribution is -2.30. The van der Waals surface area contributed by atoms with Gasteiger partial charge in [-0.3, -0.25) is 4.79 Å². The van der Waals surface area contributed by atoms with Crippen LogP contribution in [0, 0.1) is 0 Å². The summed E-state index contributed by atoms with van der Waals surface area (Å²) < 4.78 is 4.65. The van der Waals surface area contributed by atoms with Crippen LogP contribution in [0.2, 0.25) is 0 Å². The Morgan fingerprint density at radius 1 is 1.22 bits per heavy atom. The number of ether oxygens (including phenoxy) is 1. The van der Waals surface area contributed by atoms with Gasteiger partial charge in [0.2, 0.25) is 5.91 Å². The Morgan fingerprint density at radius 2 is 1.96 bits per heavy atom. The number of thioether (sulfide) groups is 1. The van der Waals surface area contributed by atoms with Crippen molar-refractivity contribution in [2.75, 3.05) is 7.11 Å². The molecule has 0 fully saturated rings. The zero-order valence-corrected chi connectivity index (χ0v) is 13.8. The van der Waals surface area contributed by atoms with Gasteiger partial charge in [0.1, 0.15) is 0 Å². The molecular formula is C17H18N2O3S. The summed E-state index contributed by atoms with van der Waals surface area (Å²) in [5, 5.41) is 3.46. The molecule has 1 aromatic heterocycles. The Bertz CT molecular complexity index is 659. The standard InChI is InChI=1S/C17H18N2O3S/c1-12(23-15-5-3-4-10-18-15)16(20)19-11-13-6-8-14(9-7-13)17(21)22-2/h3-10,12H,11H2,1-2H3,(H,19,20)/t12-/m1/s1. The second-order valence-corrected chi connectivity index (χ2v) is 6.20. The Balaban J connectivity index is 1.85. The van der Waals surface area contributed by atoms with Crippen LogP contribution in [0.15, 0.2) is 53.7 Å². The number of pyridine rings is 1. The van der Waals surface area contributed by atoms with Crippen molar-refractivity contribution in [3.63, 3.8) is 0 Å². The van der Waals surface area contributed by atoms with Gasteiger partial charge in [0.05, 0.1) is 22.9 Å². The summed E-state index contributed by atoms with van der Waals surface area (Å²) in [4.78, 5) is 27.7. The van der Waals surface area contributed by atoms with Crippen molar-refractivity contribution < 1.29 is 14.3 Å². The summed E-state index contributed by atoms with van der Waals surface area (Å²) in [5.41, 5.74) is 1.41. The lowest BCUT2D eigenvalue weighted by molar-refractivity contribution is -0.120. The monoisotopic (exact) mass is 330 g/mol. The van der Waals surface area contributed by atoms with Crippen molar-refractivity contribution in [3.05, 3.63) is 59.8 Å². The highest BCUT2D eigenvalue weighted by molar-refractivity contribution is 8.00. The van der Waals surface area contributed by atoms with Crippen LogP contribution in [0.4, 0.5) is 0 Å². The van der Waals surface area contributed by atoms with Crippen LogP contribution < -0.4 is 5.32 Å². The summed E-state index contributed by atoms with van der Waals surface area (Å²) in [6, 6.07) is 12.6. The van der Waals surface area contributed by atoms with Crippen LogP contribution in [-0.4, -0.2) is 29.2 Å². The van der Waals surface area contributed by atoms with E-state index in [4.69, 9.17) is 0 Å². The molecule has 0 aliphatic rings. The van der Waals surface area contributed by atoms with E-state index in [1.165, 1.54) is 18.9 Å². The number of amides is 1. The van der Waals surface area contributed by atoms with Crippen molar-refractivity contribution in [2.45, 2.75) is 23.7 Å². The highest BCUT2D eigenvalue weighted by atomic mass is 32.2. The first-order valence-corrected chi connectivity index (χ1v) is 8.01. The minimum absolute atomic E-state index is 0.0577. The van der Waals surface area contributed by atoms with E-state index in [0.717, 1.165) is 10.6 Å². The van der Waals surface area contributed by atoms with Crippen molar-refractivity contribution >= 4 is 23.6 Å². The fourth-order valence-electron chi connectivity index (χ4n) is 1.86. The van der Waals surface area contributed by atoms with Gasteiger partial charge in [0.25, 0.3) is 0 Å². The molecule has 0 aliphatic heterocycles. The third-order valence-electron chi connectivity index (χ3n) is 3.15. The Kier molecular flexibility index (Phi) is 6.17. The zero-order valence-electron chi connectivity index (χ0n) is 13.0. The molecule has 23 heavy (non-hydrogen) atoms. The minimum atomic E-state index is -0.374.